The first-order valence-electron chi connectivity index (χ1n) is 8.54. The van der Waals surface area contributed by atoms with Crippen LogP contribution >= 0.6 is 0 Å². The summed E-state index contributed by atoms with van der Waals surface area (Å²) in [5.74, 6) is 0.219. The van der Waals surface area contributed by atoms with Gasteiger partial charge in [0.2, 0.25) is 0 Å². The van der Waals surface area contributed by atoms with Crippen LogP contribution in [0.2, 0.25) is 0 Å². The zero-order valence-electron chi connectivity index (χ0n) is 15.4. The van der Waals surface area contributed by atoms with Crippen molar-refractivity contribution in [1.29, 1.82) is 0 Å². The summed E-state index contributed by atoms with van der Waals surface area (Å²) >= 11 is 0. The number of fused-ring (bicyclic) bond motifs is 1. The molecule has 0 aliphatic carbocycles. The minimum Gasteiger partial charge on any atom is -0.491 e. The monoisotopic (exact) mass is 465 g/mol. The van der Waals surface area contributed by atoms with Crippen molar-refractivity contribution in [3.63, 3.8) is 0 Å². The van der Waals surface area contributed by atoms with Crippen LogP contribution < -0.4 is 4.74 Å². The maximum absolute atomic E-state index is 12.9. The van der Waals surface area contributed by atoms with Crippen molar-refractivity contribution in [2.24, 2.45) is 0 Å². The molecule has 3 rings (SSSR count). The number of pyridine rings is 1. The highest BCUT2D eigenvalue weighted by molar-refractivity contribution is 7.87. The fraction of sp³-hybridized carbons (Fsp3) is 0.211. The molecule has 1 aromatic heterocycles. The quantitative estimate of drug-likeness (QED) is 0.218. The van der Waals surface area contributed by atoms with Crippen LogP contribution in [-0.2, 0) is 20.5 Å². The van der Waals surface area contributed by atoms with Crippen LogP contribution in [0.1, 0.15) is 5.56 Å². The van der Waals surface area contributed by atoms with E-state index in [2.05, 4.69) is 9.17 Å². The van der Waals surface area contributed by atoms with Gasteiger partial charge in [-0.2, -0.15) is 34.8 Å². The predicted molar refractivity (Wildman–Crippen MR) is 98.6 cm³/mol. The number of benzene rings is 2. The van der Waals surface area contributed by atoms with Crippen molar-refractivity contribution < 1.29 is 43.7 Å². The SMILES string of the molecule is O=S(=O)(OCCOc1ccc(-c2ccc3ccc(C(F)(F)F)cc3n2)cc1)C(F)(F)F. The summed E-state index contributed by atoms with van der Waals surface area (Å²) in [6.45, 7) is -1.29. The third kappa shape index (κ3) is 5.44. The molecule has 0 saturated carbocycles. The van der Waals surface area contributed by atoms with E-state index in [1.165, 1.54) is 18.2 Å². The van der Waals surface area contributed by atoms with Crippen LogP contribution in [0.15, 0.2) is 54.6 Å². The van der Waals surface area contributed by atoms with E-state index in [9.17, 15) is 34.8 Å². The molecular formula is C19H13F6NO4S. The summed E-state index contributed by atoms with van der Waals surface area (Å²) in [7, 11) is -5.68. The van der Waals surface area contributed by atoms with Crippen LogP contribution in [0.5, 0.6) is 5.75 Å². The number of alkyl halides is 6. The van der Waals surface area contributed by atoms with Gasteiger partial charge in [0.15, 0.2) is 0 Å². The molecule has 0 aliphatic heterocycles. The average Bonchev–Trinajstić information content (AvgIpc) is 2.69. The number of ether oxygens (including phenoxy) is 1. The normalized spacial score (nSPS) is 12.8. The average molecular weight is 465 g/mol. The first-order chi connectivity index (χ1) is 14.4. The molecule has 0 bridgehead atoms. The highest BCUT2D eigenvalue weighted by Crippen LogP contribution is 2.32. The second-order valence-electron chi connectivity index (χ2n) is 6.20. The lowest BCUT2D eigenvalue weighted by molar-refractivity contribution is -0.137. The highest BCUT2D eigenvalue weighted by Gasteiger charge is 2.47. The van der Waals surface area contributed by atoms with E-state index >= 15 is 0 Å². The highest BCUT2D eigenvalue weighted by atomic mass is 32.2. The van der Waals surface area contributed by atoms with Gasteiger partial charge >= 0.3 is 21.8 Å². The van der Waals surface area contributed by atoms with Crippen LogP contribution in [0.4, 0.5) is 26.3 Å². The minimum atomic E-state index is -5.68. The van der Waals surface area contributed by atoms with E-state index in [0.29, 0.717) is 16.6 Å². The minimum absolute atomic E-state index is 0.163. The molecule has 31 heavy (non-hydrogen) atoms. The second kappa shape index (κ2) is 8.35. The van der Waals surface area contributed by atoms with Crippen molar-refractivity contribution >= 4 is 21.0 Å². The van der Waals surface area contributed by atoms with Gasteiger partial charge in [0.1, 0.15) is 19.0 Å². The summed E-state index contributed by atoms with van der Waals surface area (Å²) in [5.41, 5.74) is -5.21. The Balaban J connectivity index is 1.68. The van der Waals surface area contributed by atoms with E-state index in [1.807, 2.05) is 0 Å². The predicted octanol–water partition coefficient (Wildman–Crippen LogP) is 5.17. The Hall–Kier alpha value is -2.86. The van der Waals surface area contributed by atoms with Gasteiger partial charge in [0.25, 0.3) is 0 Å². The Bertz CT molecular complexity index is 1170. The molecule has 12 heteroatoms. The van der Waals surface area contributed by atoms with Crippen molar-refractivity contribution in [2.75, 3.05) is 13.2 Å². The first-order valence-corrected chi connectivity index (χ1v) is 9.95. The third-order valence-corrected chi connectivity index (χ3v) is 5.09. The molecule has 0 spiro atoms. The number of aromatic nitrogens is 1. The molecule has 0 atom stereocenters. The molecular weight excluding hydrogens is 452 g/mol. The second-order valence-corrected chi connectivity index (χ2v) is 7.80. The van der Waals surface area contributed by atoms with Crippen LogP contribution in [-0.4, -0.2) is 32.1 Å². The Labute approximate surface area is 172 Å². The zero-order chi connectivity index (χ0) is 22.9. The van der Waals surface area contributed by atoms with E-state index in [4.69, 9.17) is 4.74 Å². The van der Waals surface area contributed by atoms with Gasteiger partial charge in [0.05, 0.1) is 16.8 Å². The fourth-order valence-electron chi connectivity index (χ4n) is 2.55. The number of hydrogen-bond acceptors (Lipinski definition) is 5. The number of halogens is 6. The molecule has 166 valence electrons. The maximum Gasteiger partial charge on any atom is 0.523 e. The molecule has 0 unspecified atom stereocenters. The molecule has 0 aliphatic rings. The molecule has 0 amide bonds. The zero-order valence-corrected chi connectivity index (χ0v) is 16.2. The molecule has 3 aromatic rings. The van der Waals surface area contributed by atoms with Crippen molar-refractivity contribution in [1.82, 2.24) is 4.98 Å². The lowest BCUT2D eigenvalue weighted by atomic mass is 10.1. The summed E-state index contributed by atoms with van der Waals surface area (Å²) in [6.07, 6.45) is -4.49. The van der Waals surface area contributed by atoms with Crippen molar-refractivity contribution in [3.8, 4) is 17.0 Å². The van der Waals surface area contributed by atoms with Crippen molar-refractivity contribution in [2.45, 2.75) is 11.7 Å². The van der Waals surface area contributed by atoms with E-state index in [0.717, 1.165) is 12.1 Å². The van der Waals surface area contributed by atoms with Gasteiger partial charge in [-0.3, -0.25) is 4.18 Å². The molecule has 0 N–H and O–H groups in total. The standard InChI is InChI=1S/C19H13F6NO4S/c20-18(21,22)14-5-1-13-4-8-16(26-17(13)11-14)12-2-6-15(7-3-12)29-9-10-30-31(27,28)19(23,24)25/h1-8,11H,9-10H2. The Morgan fingerprint density at radius 3 is 2.10 bits per heavy atom. The lowest BCUT2D eigenvalue weighted by Crippen LogP contribution is -2.27. The summed E-state index contributed by atoms with van der Waals surface area (Å²) in [5, 5.41) is 0.533. The Morgan fingerprint density at radius 2 is 1.48 bits per heavy atom. The van der Waals surface area contributed by atoms with E-state index < -0.39 is 40.6 Å². The van der Waals surface area contributed by atoms with Crippen LogP contribution in [0.25, 0.3) is 22.2 Å². The molecule has 0 fully saturated rings. The molecule has 1 heterocycles. The van der Waals surface area contributed by atoms with Gasteiger partial charge in [-0.1, -0.05) is 12.1 Å². The van der Waals surface area contributed by atoms with Gasteiger partial charge in [-0.05, 0) is 42.5 Å². The van der Waals surface area contributed by atoms with Gasteiger partial charge in [-0.25, -0.2) is 4.98 Å². The summed E-state index contributed by atoms with van der Waals surface area (Å²) in [6, 6.07) is 12.5. The summed E-state index contributed by atoms with van der Waals surface area (Å²) < 4.78 is 106. The van der Waals surface area contributed by atoms with Crippen LogP contribution in [0.3, 0.4) is 0 Å². The van der Waals surface area contributed by atoms with Gasteiger partial charge < -0.3 is 4.74 Å². The largest absolute Gasteiger partial charge is 0.523 e. The molecule has 0 radical (unpaired) electrons. The number of nitrogens with zero attached hydrogens (tertiary/aromatic N) is 1. The maximum atomic E-state index is 12.9. The Kier molecular flexibility index (Phi) is 6.14. The number of rotatable bonds is 6. The lowest BCUT2D eigenvalue weighted by Gasteiger charge is -2.10. The van der Waals surface area contributed by atoms with E-state index in [1.54, 1.807) is 24.3 Å². The molecule has 0 saturated heterocycles. The fourth-order valence-corrected chi connectivity index (χ4v) is 2.97. The van der Waals surface area contributed by atoms with E-state index in [-0.39, 0.29) is 11.3 Å². The first kappa shape index (κ1) is 22.8. The third-order valence-electron chi connectivity index (χ3n) is 4.04. The smallest absolute Gasteiger partial charge is 0.491 e. The molecule has 5 nitrogen and oxygen atoms in total. The van der Waals surface area contributed by atoms with Crippen LogP contribution in [0, 0.1) is 0 Å². The van der Waals surface area contributed by atoms with Crippen molar-refractivity contribution in [3.05, 3.63) is 60.2 Å². The Morgan fingerprint density at radius 1 is 0.839 bits per heavy atom. The number of hydrogen-bond donors (Lipinski definition) is 0. The topological polar surface area (TPSA) is 65.5 Å². The van der Waals surface area contributed by atoms with Gasteiger partial charge in [0, 0.05) is 10.9 Å². The summed E-state index contributed by atoms with van der Waals surface area (Å²) in [4.78, 5) is 4.24. The molecule has 2 aromatic carbocycles. The van der Waals surface area contributed by atoms with Gasteiger partial charge in [-0.15, -0.1) is 0 Å².